The predicted molar refractivity (Wildman–Crippen MR) is 104 cm³/mol. The number of anilines is 1. The summed E-state index contributed by atoms with van der Waals surface area (Å²) in [5, 5.41) is 18.0. The Morgan fingerprint density at radius 2 is 1.96 bits per heavy atom. The van der Waals surface area contributed by atoms with Gasteiger partial charge in [0.15, 0.2) is 0 Å². The van der Waals surface area contributed by atoms with Gasteiger partial charge in [-0.05, 0) is 43.5 Å². The van der Waals surface area contributed by atoms with Crippen LogP contribution in [0.2, 0.25) is 0 Å². The third-order valence-electron chi connectivity index (χ3n) is 5.45. The number of halogens is 1. The second-order valence-corrected chi connectivity index (χ2v) is 7.20. The summed E-state index contributed by atoms with van der Waals surface area (Å²) in [6.45, 7) is 3.64. The zero-order valence-corrected chi connectivity index (χ0v) is 15.9. The molecule has 4 rings (SSSR count). The summed E-state index contributed by atoms with van der Waals surface area (Å²) in [5.41, 5.74) is 4.34. The second kappa shape index (κ2) is 7.39. The van der Waals surface area contributed by atoms with Gasteiger partial charge in [0.2, 0.25) is 5.95 Å². The second-order valence-electron chi connectivity index (χ2n) is 7.20. The lowest BCUT2D eigenvalue weighted by Gasteiger charge is -2.35. The van der Waals surface area contributed by atoms with Crippen LogP contribution in [0.5, 0.6) is 0 Å². The third-order valence-corrected chi connectivity index (χ3v) is 5.45. The number of nitriles is 1. The van der Waals surface area contributed by atoms with Gasteiger partial charge in [-0.3, -0.25) is 0 Å². The van der Waals surface area contributed by atoms with E-state index in [1.54, 1.807) is 12.4 Å². The molecule has 0 amide bonds. The van der Waals surface area contributed by atoms with Crippen LogP contribution >= 0.6 is 0 Å². The maximum Gasteiger partial charge on any atom is 0.212 e. The molecule has 6 nitrogen and oxygen atoms in total. The van der Waals surface area contributed by atoms with E-state index in [9.17, 15) is 9.65 Å². The van der Waals surface area contributed by atoms with Crippen molar-refractivity contribution in [3.63, 3.8) is 0 Å². The smallest absolute Gasteiger partial charge is 0.212 e. The Kier molecular flexibility index (Phi) is 4.78. The molecular formula is C21H21FN6. The van der Waals surface area contributed by atoms with E-state index in [1.165, 1.54) is 12.3 Å². The van der Waals surface area contributed by atoms with E-state index in [-0.39, 0.29) is 0 Å². The first-order valence-corrected chi connectivity index (χ1v) is 9.33. The average Bonchev–Trinajstić information content (AvgIpc) is 3.14. The first kappa shape index (κ1) is 18.1. The molecule has 0 spiro atoms. The van der Waals surface area contributed by atoms with Gasteiger partial charge in [0.1, 0.15) is 18.2 Å². The monoisotopic (exact) mass is 376 g/mol. The molecule has 1 aliphatic rings. The van der Waals surface area contributed by atoms with Crippen LogP contribution in [0.3, 0.4) is 0 Å². The van der Waals surface area contributed by atoms with E-state index in [2.05, 4.69) is 26.2 Å². The van der Waals surface area contributed by atoms with Crippen molar-refractivity contribution in [1.82, 2.24) is 19.7 Å². The van der Waals surface area contributed by atoms with Gasteiger partial charge in [-0.15, -0.1) is 10.2 Å². The van der Waals surface area contributed by atoms with Gasteiger partial charge < -0.3 is 9.47 Å². The van der Waals surface area contributed by atoms with Gasteiger partial charge in [0.05, 0.1) is 11.3 Å². The van der Waals surface area contributed by atoms with Crippen molar-refractivity contribution in [2.45, 2.75) is 25.7 Å². The van der Waals surface area contributed by atoms with Crippen LogP contribution in [0.1, 0.15) is 35.7 Å². The van der Waals surface area contributed by atoms with Crippen molar-refractivity contribution in [3.05, 3.63) is 59.7 Å². The highest BCUT2D eigenvalue weighted by molar-refractivity contribution is 5.85. The minimum atomic E-state index is -0.510. The van der Waals surface area contributed by atoms with Gasteiger partial charge in [-0.1, -0.05) is 6.07 Å². The van der Waals surface area contributed by atoms with Crippen molar-refractivity contribution in [2.75, 3.05) is 18.0 Å². The van der Waals surface area contributed by atoms with Crippen LogP contribution in [0.4, 0.5) is 10.1 Å². The van der Waals surface area contributed by atoms with Crippen LogP contribution in [0.15, 0.2) is 36.8 Å². The van der Waals surface area contributed by atoms with Gasteiger partial charge in [0.25, 0.3) is 0 Å². The summed E-state index contributed by atoms with van der Waals surface area (Å²) in [5.74, 6) is 0.853. The van der Waals surface area contributed by atoms with Gasteiger partial charge in [0, 0.05) is 43.4 Å². The maximum atomic E-state index is 13.3. The maximum absolute atomic E-state index is 13.3. The highest BCUT2D eigenvalue weighted by Gasteiger charge is 2.27. The van der Waals surface area contributed by atoms with Crippen molar-refractivity contribution in [3.8, 4) is 17.2 Å². The van der Waals surface area contributed by atoms with E-state index in [0.717, 1.165) is 54.1 Å². The van der Waals surface area contributed by atoms with Crippen LogP contribution in [0.25, 0.3) is 11.1 Å². The van der Waals surface area contributed by atoms with E-state index in [0.29, 0.717) is 11.5 Å². The third kappa shape index (κ3) is 3.22. The molecule has 142 valence electrons. The lowest BCUT2D eigenvalue weighted by molar-refractivity contribution is 0.474. The Hall–Kier alpha value is -3.27. The van der Waals surface area contributed by atoms with Crippen molar-refractivity contribution in [2.24, 2.45) is 7.05 Å². The zero-order chi connectivity index (χ0) is 19.7. The van der Waals surface area contributed by atoms with E-state index in [1.807, 2.05) is 30.7 Å². The Morgan fingerprint density at radius 1 is 1.18 bits per heavy atom. The number of pyridine rings is 1. The molecule has 0 aliphatic carbocycles. The summed E-state index contributed by atoms with van der Waals surface area (Å²) in [6, 6.07) is 9.21. The van der Waals surface area contributed by atoms with Gasteiger partial charge >= 0.3 is 0 Å². The molecular weight excluding hydrogens is 355 g/mol. The SMILES string of the molecule is Cc1ccc(C#N)c(N2CCC(c3nncn3C)CC2)c1-c1ccc(F)nc1. The molecule has 0 saturated carbocycles. The molecule has 1 fully saturated rings. The number of piperidine rings is 1. The van der Waals surface area contributed by atoms with Gasteiger partial charge in [-0.2, -0.15) is 9.65 Å². The lowest BCUT2D eigenvalue weighted by Crippen LogP contribution is -2.34. The fourth-order valence-electron chi connectivity index (χ4n) is 4.02. The molecule has 28 heavy (non-hydrogen) atoms. The zero-order valence-electron chi connectivity index (χ0n) is 15.9. The number of hydrogen-bond donors (Lipinski definition) is 0. The van der Waals surface area contributed by atoms with Crippen molar-refractivity contribution < 1.29 is 4.39 Å². The molecule has 1 aromatic carbocycles. The summed E-state index contributed by atoms with van der Waals surface area (Å²) in [4.78, 5) is 6.07. The Labute approximate surface area is 163 Å². The summed E-state index contributed by atoms with van der Waals surface area (Å²) < 4.78 is 15.3. The first-order valence-electron chi connectivity index (χ1n) is 9.33. The molecule has 0 N–H and O–H groups in total. The molecule has 7 heteroatoms. The quantitative estimate of drug-likeness (QED) is 0.654. The highest BCUT2D eigenvalue weighted by Crippen LogP contribution is 2.39. The average molecular weight is 376 g/mol. The molecule has 0 unspecified atom stereocenters. The normalized spacial score (nSPS) is 14.9. The van der Waals surface area contributed by atoms with E-state index >= 15 is 0 Å². The number of aryl methyl sites for hydroxylation is 2. The predicted octanol–water partition coefficient (Wildman–Crippen LogP) is 3.58. The molecule has 1 saturated heterocycles. The van der Waals surface area contributed by atoms with Gasteiger partial charge in [-0.25, -0.2) is 4.98 Å². The lowest BCUT2D eigenvalue weighted by atomic mass is 9.91. The van der Waals surface area contributed by atoms with E-state index in [4.69, 9.17) is 0 Å². The van der Waals surface area contributed by atoms with Crippen molar-refractivity contribution in [1.29, 1.82) is 5.26 Å². The standard InChI is InChI=1S/C21H21FN6/c1-14-3-4-16(11-23)20(19(14)17-5-6-18(22)24-12-17)28-9-7-15(8-10-28)21-26-25-13-27(21)2/h3-6,12-13,15H,7-10H2,1-2H3. The van der Waals surface area contributed by atoms with Crippen LogP contribution in [-0.2, 0) is 7.05 Å². The molecule has 3 heterocycles. The number of benzene rings is 1. The number of nitrogens with zero attached hydrogens (tertiary/aromatic N) is 6. The minimum Gasteiger partial charge on any atom is -0.370 e. The minimum absolute atomic E-state index is 0.357. The molecule has 0 radical (unpaired) electrons. The number of hydrogen-bond acceptors (Lipinski definition) is 5. The highest BCUT2D eigenvalue weighted by atomic mass is 19.1. The molecule has 0 atom stereocenters. The molecule has 3 aromatic rings. The summed E-state index contributed by atoms with van der Waals surface area (Å²) in [7, 11) is 1.97. The molecule has 0 bridgehead atoms. The summed E-state index contributed by atoms with van der Waals surface area (Å²) in [6.07, 6.45) is 5.14. The van der Waals surface area contributed by atoms with Crippen LogP contribution in [0, 0.1) is 24.2 Å². The largest absolute Gasteiger partial charge is 0.370 e. The number of rotatable bonds is 3. The number of aromatic nitrogens is 4. The Bertz CT molecular complexity index is 1030. The molecule has 2 aromatic heterocycles. The van der Waals surface area contributed by atoms with Crippen molar-refractivity contribution >= 4 is 5.69 Å². The fraction of sp³-hybridized carbons (Fsp3) is 0.333. The molecule has 1 aliphatic heterocycles. The fourth-order valence-corrected chi connectivity index (χ4v) is 4.02. The summed E-state index contributed by atoms with van der Waals surface area (Å²) >= 11 is 0. The van der Waals surface area contributed by atoms with Crippen LogP contribution < -0.4 is 4.90 Å². The Morgan fingerprint density at radius 3 is 2.57 bits per heavy atom. The topological polar surface area (TPSA) is 70.6 Å². The first-order chi connectivity index (χ1) is 13.6. The van der Waals surface area contributed by atoms with Crippen LogP contribution in [-0.4, -0.2) is 32.8 Å². The van der Waals surface area contributed by atoms with E-state index < -0.39 is 5.95 Å². The Balaban J connectivity index is 1.70.